The first-order chi connectivity index (χ1) is 17.1. The van der Waals surface area contributed by atoms with Crippen LogP contribution in [0.2, 0.25) is 0 Å². The van der Waals surface area contributed by atoms with Gasteiger partial charge in [-0.2, -0.15) is 0 Å². The van der Waals surface area contributed by atoms with Crippen LogP contribution in [0.1, 0.15) is 100 Å². The molecule has 15 saturated carbocycles. The first-order valence-corrected chi connectivity index (χ1v) is 17.1. The summed E-state index contributed by atoms with van der Waals surface area (Å²) in [4.78, 5) is 0. The molecule has 15 rings (SSSR count). The fourth-order valence-corrected chi connectivity index (χ4v) is 29.3. The molecule has 0 aromatic heterocycles. The van der Waals surface area contributed by atoms with Crippen LogP contribution < -0.4 is 0 Å². The van der Waals surface area contributed by atoms with Gasteiger partial charge in [0.05, 0.1) is 0 Å². The molecule has 15 aliphatic carbocycles. The Bertz CT molecular complexity index is 1570. The van der Waals surface area contributed by atoms with E-state index in [1.807, 2.05) is 0 Å². The van der Waals surface area contributed by atoms with Crippen LogP contribution in [0.15, 0.2) is 0 Å². The second-order valence-corrected chi connectivity index (χ2v) is 19.9. The van der Waals surface area contributed by atoms with Crippen molar-refractivity contribution in [3.8, 4) is 0 Å². The lowest BCUT2D eigenvalue weighted by Gasteiger charge is -3.42. The number of hydrogen-bond donors (Lipinski definition) is 0. The van der Waals surface area contributed by atoms with E-state index in [-0.39, 0.29) is 0 Å². The Hall–Kier alpha value is 0. The molecule has 21 atom stereocenters. The average molecular weight is 477 g/mol. The van der Waals surface area contributed by atoms with E-state index in [4.69, 9.17) is 0 Å². The molecule has 9 spiro atoms. The molecule has 0 radical (unpaired) electrons. The fraction of sp³-hybridized carbons (Fsp3) is 1.00. The van der Waals surface area contributed by atoms with Crippen LogP contribution in [0.4, 0.5) is 0 Å². The van der Waals surface area contributed by atoms with Crippen LogP contribution in [-0.4, -0.2) is 0 Å². The lowest BCUT2D eigenvalue weighted by atomic mass is 8.60. The van der Waals surface area contributed by atoms with E-state index in [0.29, 0.717) is 16.2 Å². The van der Waals surface area contributed by atoms with Crippen LogP contribution in [0.5, 0.6) is 0 Å². The summed E-state index contributed by atoms with van der Waals surface area (Å²) in [5, 5.41) is 0. The van der Waals surface area contributed by atoms with Gasteiger partial charge in [-0.05, 0) is 162 Å². The van der Waals surface area contributed by atoms with Gasteiger partial charge < -0.3 is 0 Å². The van der Waals surface area contributed by atoms with E-state index >= 15 is 0 Å². The monoisotopic (exact) mass is 476 g/mol. The third-order valence-corrected chi connectivity index (χ3v) is 25.4. The van der Waals surface area contributed by atoms with Gasteiger partial charge in [0.1, 0.15) is 0 Å². The van der Waals surface area contributed by atoms with Gasteiger partial charge in [0.25, 0.3) is 0 Å². The highest BCUT2D eigenvalue weighted by Crippen LogP contribution is 3.49. The van der Waals surface area contributed by atoms with Crippen molar-refractivity contribution in [2.45, 2.75) is 100 Å². The van der Waals surface area contributed by atoms with Gasteiger partial charge in [-0.15, -0.1) is 0 Å². The smallest absolute Gasteiger partial charge is 0.00174 e. The molecule has 21 unspecified atom stereocenters. The summed E-state index contributed by atoms with van der Waals surface area (Å²) in [7, 11) is 0. The van der Waals surface area contributed by atoms with Crippen molar-refractivity contribution in [3.05, 3.63) is 0 Å². The number of hydrogen-bond acceptors (Lipinski definition) is 0. The molecular formula is C36H44. The molecule has 0 aromatic carbocycles. The summed E-state index contributed by atoms with van der Waals surface area (Å²) in [6.07, 6.45) is 11.4. The predicted molar refractivity (Wildman–Crippen MR) is 135 cm³/mol. The van der Waals surface area contributed by atoms with Crippen molar-refractivity contribution in [2.24, 2.45) is 117 Å². The number of rotatable bonds is 2. The van der Waals surface area contributed by atoms with Crippen molar-refractivity contribution in [2.75, 3.05) is 0 Å². The maximum Gasteiger partial charge on any atom is -0.00174 e. The Morgan fingerprint density at radius 2 is 1.28 bits per heavy atom. The standard InChI is InChI=1S/C36H44/c1-9-26-16(3)20-17(4)29-15-31(29)23(6)22(5)27-13-11-18(27)21-19-12-14-28(19)25(8)30(10-2)24(26,7)35(31,32(20,26)29)36(23,30)34(22,25)33(21,27)28/h16-21H,9-15H2,1-8H3. The van der Waals surface area contributed by atoms with Crippen molar-refractivity contribution in [1.29, 1.82) is 0 Å². The maximum atomic E-state index is 3.06. The van der Waals surface area contributed by atoms with Gasteiger partial charge in [-0.3, -0.25) is 0 Å². The third kappa shape index (κ3) is 0.500. The Morgan fingerprint density at radius 3 is 1.86 bits per heavy atom. The normalized spacial score (nSPS) is 103. The summed E-state index contributed by atoms with van der Waals surface area (Å²) in [5.41, 5.74) is 11.8. The Kier molecular flexibility index (Phi) is 1.50. The highest BCUT2D eigenvalue weighted by atomic mass is 15.5. The van der Waals surface area contributed by atoms with E-state index in [2.05, 4.69) is 55.4 Å². The second kappa shape index (κ2) is 3.06. The molecule has 36 heavy (non-hydrogen) atoms. The zero-order valence-corrected chi connectivity index (χ0v) is 23.9. The molecule has 0 N–H and O–H groups in total. The summed E-state index contributed by atoms with van der Waals surface area (Å²) in [6, 6.07) is 0. The van der Waals surface area contributed by atoms with Crippen LogP contribution in [0, 0.1) is 117 Å². The third-order valence-electron chi connectivity index (χ3n) is 25.4. The zero-order chi connectivity index (χ0) is 23.9. The van der Waals surface area contributed by atoms with Gasteiger partial charge in [-0.1, -0.05) is 55.4 Å². The lowest BCUT2D eigenvalue weighted by Crippen LogP contribution is -3.40. The van der Waals surface area contributed by atoms with Crippen molar-refractivity contribution >= 4 is 0 Å². The van der Waals surface area contributed by atoms with E-state index in [1.54, 1.807) is 38.5 Å². The highest BCUT2D eigenvalue weighted by molar-refractivity contribution is 5.92. The summed E-state index contributed by atoms with van der Waals surface area (Å²) >= 11 is 0. The van der Waals surface area contributed by atoms with Gasteiger partial charge in [0.15, 0.2) is 0 Å². The van der Waals surface area contributed by atoms with Crippen LogP contribution in [0.25, 0.3) is 0 Å². The Morgan fingerprint density at radius 1 is 0.611 bits per heavy atom. The van der Waals surface area contributed by atoms with Gasteiger partial charge >= 0.3 is 0 Å². The van der Waals surface area contributed by atoms with Gasteiger partial charge in [0, 0.05) is 0 Å². The second-order valence-electron chi connectivity index (χ2n) is 19.9. The van der Waals surface area contributed by atoms with E-state index in [1.165, 1.54) is 24.2 Å². The molecule has 0 aliphatic heterocycles. The van der Waals surface area contributed by atoms with E-state index in [0.717, 1.165) is 82.7 Å². The topological polar surface area (TPSA) is 0 Å². The summed E-state index contributed by atoms with van der Waals surface area (Å²) in [6.45, 7) is 23.3. The first-order valence-electron chi connectivity index (χ1n) is 17.1. The molecule has 0 nitrogen and oxygen atoms in total. The first kappa shape index (κ1) is 17.6. The molecular weight excluding hydrogens is 432 g/mol. The molecule has 0 heterocycles. The fourth-order valence-electron chi connectivity index (χ4n) is 29.3. The van der Waals surface area contributed by atoms with Gasteiger partial charge in [0.2, 0.25) is 0 Å². The Labute approximate surface area is 216 Å². The molecule has 0 amide bonds. The van der Waals surface area contributed by atoms with Crippen LogP contribution in [-0.2, 0) is 0 Å². The molecule has 0 bridgehead atoms. The minimum atomic E-state index is 0.681. The maximum absolute atomic E-state index is 3.06. The minimum absolute atomic E-state index is 0.681. The SMILES string of the molecule is CCC12C(C)C3C(C)C45CC46C4(C)C7(C)C89CCC8C8C%10CCC%10%11C%10(C)C%12(CC)C1(C)C6(C325)C4%12C7%10C89%11. The van der Waals surface area contributed by atoms with Crippen LogP contribution in [0.3, 0.4) is 0 Å². The quantitative estimate of drug-likeness (QED) is 0.385. The van der Waals surface area contributed by atoms with Crippen molar-refractivity contribution < 1.29 is 0 Å². The highest BCUT2D eigenvalue weighted by Gasteiger charge is 3.47. The van der Waals surface area contributed by atoms with Gasteiger partial charge in [-0.25, -0.2) is 0 Å². The van der Waals surface area contributed by atoms with Crippen molar-refractivity contribution in [3.63, 3.8) is 0 Å². The summed E-state index contributed by atoms with van der Waals surface area (Å²) in [5.74, 6) is 6.80. The van der Waals surface area contributed by atoms with Crippen molar-refractivity contribution in [1.82, 2.24) is 0 Å². The molecule has 0 heteroatoms. The number of fused-ring (bicyclic) bond motifs is 6. The van der Waals surface area contributed by atoms with E-state index < -0.39 is 0 Å². The zero-order valence-electron chi connectivity index (χ0n) is 23.9. The molecule has 15 aliphatic rings. The molecule has 0 saturated heterocycles. The average Bonchev–Trinajstić information content (AvgIpc) is 3.49. The predicted octanol–water partition coefficient (Wildman–Crippen LogP) is 7.57. The largest absolute Gasteiger partial charge is 0.0648 e. The van der Waals surface area contributed by atoms with E-state index in [9.17, 15) is 0 Å². The lowest BCUT2D eigenvalue weighted by molar-refractivity contribution is -0.970. The molecule has 15 fully saturated rings. The minimum Gasteiger partial charge on any atom is -0.0648 e. The summed E-state index contributed by atoms with van der Waals surface area (Å²) < 4.78 is 0. The Balaban J connectivity index is 1.16. The van der Waals surface area contributed by atoms with Crippen LogP contribution >= 0.6 is 0 Å². The molecule has 0 aromatic rings. The molecule has 188 valence electrons.